The fourth-order valence-corrected chi connectivity index (χ4v) is 4.02. The van der Waals surface area contributed by atoms with E-state index >= 15 is 0 Å². The molecule has 1 aliphatic rings. The number of nitrogens with zero attached hydrogens (tertiary/aromatic N) is 5. The van der Waals surface area contributed by atoms with Gasteiger partial charge in [-0.25, -0.2) is 9.97 Å². The molecule has 6 nitrogen and oxygen atoms in total. The summed E-state index contributed by atoms with van der Waals surface area (Å²) in [5.41, 5.74) is 3.17. The van der Waals surface area contributed by atoms with Gasteiger partial charge in [0.1, 0.15) is 0 Å². The summed E-state index contributed by atoms with van der Waals surface area (Å²) in [5.74, 6) is 1.80. The first-order valence-corrected chi connectivity index (χ1v) is 9.47. The molecule has 0 saturated carbocycles. The van der Waals surface area contributed by atoms with Crippen molar-refractivity contribution in [2.75, 3.05) is 6.54 Å². The largest absolute Gasteiger partial charge is 0.336 e. The van der Waals surface area contributed by atoms with Crippen LogP contribution in [0.15, 0.2) is 67.0 Å². The second kappa shape index (κ2) is 6.64. The van der Waals surface area contributed by atoms with Crippen LogP contribution < -0.4 is 0 Å². The Bertz CT molecular complexity index is 1140. The third kappa shape index (κ3) is 2.78. The molecule has 6 heteroatoms. The lowest BCUT2D eigenvalue weighted by Crippen LogP contribution is -2.25. The standard InChI is InChI=1S/C22H21N5O/c1-25-19-10-6-5-9-18(19)24-22(25)21-23-11-12-27(21)17-13-20(28)26(15-17)14-16-7-3-2-4-8-16/h2-12,17H,13-15H2,1H3/t17-/m1/s1. The molecule has 3 heterocycles. The molecule has 28 heavy (non-hydrogen) atoms. The molecule has 0 N–H and O–H groups in total. The van der Waals surface area contributed by atoms with E-state index in [-0.39, 0.29) is 11.9 Å². The average Bonchev–Trinajstić information content (AvgIpc) is 3.41. The molecule has 0 spiro atoms. The summed E-state index contributed by atoms with van der Waals surface area (Å²) in [6, 6.07) is 18.2. The minimum absolute atomic E-state index is 0.0634. The highest BCUT2D eigenvalue weighted by atomic mass is 16.2. The Hall–Kier alpha value is -3.41. The molecule has 0 aliphatic carbocycles. The van der Waals surface area contributed by atoms with Crippen LogP contribution >= 0.6 is 0 Å². The minimum atomic E-state index is 0.0634. The molecule has 140 valence electrons. The van der Waals surface area contributed by atoms with E-state index < -0.39 is 0 Å². The molecular weight excluding hydrogens is 350 g/mol. The molecule has 1 amide bonds. The first-order valence-electron chi connectivity index (χ1n) is 9.47. The summed E-state index contributed by atoms with van der Waals surface area (Å²) in [5, 5.41) is 0. The van der Waals surface area contributed by atoms with Crippen molar-refractivity contribution in [2.45, 2.75) is 19.0 Å². The SMILES string of the molecule is Cn1c(-c2nccn2[C@@H]2CC(=O)N(Cc3ccccc3)C2)nc2ccccc21. The second-order valence-electron chi connectivity index (χ2n) is 7.26. The van der Waals surface area contributed by atoms with Gasteiger partial charge < -0.3 is 14.0 Å². The van der Waals surface area contributed by atoms with E-state index in [9.17, 15) is 4.79 Å². The van der Waals surface area contributed by atoms with Crippen LogP contribution in [0.25, 0.3) is 22.7 Å². The number of likely N-dealkylation sites (tertiary alicyclic amines) is 1. The first kappa shape index (κ1) is 16.7. The lowest BCUT2D eigenvalue weighted by atomic mass is 10.2. The van der Waals surface area contributed by atoms with Crippen LogP contribution in [0.3, 0.4) is 0 Å². The molecule has 1 aliphatic heterocycles. The lowest BCUT2D eigenvalue weighted by Gasteiger charge is -2.18. The zero-order chi connectivity index (χ0) is 19.1. The van der Waals surface area contributed by atoms with E-state index in [2.05, 4.69) is 32.3 Å². The van der Waals surface area contributed by atoms with Crippen LogP contribution in [-0.2, 0) is 18.4 Å². The second-order valence-corrected chi connectivity index (χ2v) is 7.26. The minimum Gasteiger partial charge on any atom is -0.336 e. The zero-order valence-electron chi connectivity index (χ0n) is 15.7. The Morgan fingerprint density at radius 1 is 1.04 bits per heavy atom. The van der Waals surface area contributed by atoms with E-state index in [1.807, 2.05) is 54.5 Å². The molecule has 4 aromatic rings. The number of hydrogen-bond donors (Lipinski definition) is 0. The Labute approximate surface area is 163 Å². The van der Waals surface area contributed by atoms with E-state index in [0.29, 0.717) is 19.5 Å². The van der Waals surface area contributed by atoms with Crippen LogP contribution in [0.1, 0.15) is 18.0 Å². The van der Waals surface area contributed by atoms with Gasteiger partial charge in [-0.15, -0.1) is 0 Å². The molecule has 1 saturated heterocycles. The summed E-state index contributed by atoms with van der Waals surface area (Å²) >= 11 is 0. The van der Waals surface area contributed by atoms with Gasteiger partial charge in [0, 0.05) is 39.0 Å². The number of rotatable bonds is 4. The van der Waals surface area contributed by atoms with Gasteiger partial charge in [0.2, 0.25) is 5.91 Å². The van der Waals surface area contributed by atoms with E-state index in [4.69, 9.17) is 4.98 Å². The number of carbonyl (C=O) groups excluding carboxylic acids is 1. The van der Waals surface area contributed by atoms with E-state index in [1.54, 1.807) is 6.20 Å². The summed E-state index contributed by atoms with van der Waals surface area (Å²) in [6.45, 7) is 1.33. The maximum atomic E-state index is 12.6. The molecule has 5 rings (SSSR count). The number of hydrogen-bond acceptors (Lipinski definition) is 3. The Balaban J connectivity index is 1.45. The van der Waals surface area contributed by atoms with Crippen molar-refractivity contribution >= 4 is 16.9 Å². The van der Waals surface area contributed by atoms with Gasteiger partial charge >= 0.3 is 0 Å². The lowest BCUT2D eigenvalue weighted by molar-refractivity contribution is -0.128. The Morgan fingerprint density at radius 2 is 1.82 bits per heavy atom. The van der Waals surface area contributed by atoms with Crippen molar-refractivity contribution in [1.82, 2.24) is 24.0 Å². The van der Waals surface area contributed by atoms with Gasteiger partial charge in [0.25, 0.3) is 0 Å². The predicted molar refractivity (Wildman–Crippen MR) is 107 cm³/mol. The summed E-state index contributed by atoms with van der Waals surface area (Å²) in [4.78, 5) is 23.9. The van der Waals surface area contributed by atoms with Crippen molar-refractivity contribution in [3.05, 3.63) is 72.6 Å². The van der Waals surface area contributed by atoms with Crippen molar-refractivity contribution in [3.63, 3.8) is 0 Å². The monoisotopic (exact) mass is 371 g/mol. The molecule has 0 bridgehead atoms. The molecule has 0 radical (unpaired) electrons. The highest BCUT2D eigenvalue weighted by Gasteiger charge is 2.32. The number of imidazole rings is 2. The van der Waals surface area contributed by atoms with Crippen LogP contribution in [0.5, 0.6) is 0 Å². The maximum absolute atomic E-state index is 12.6. The molecule has 2 aromatic heterocycles. The number of para-hydroxylation sites is 2. The highest BCUT2D eigenvalue weighted by Crippen LogP contribution is 2.30. The van der Waals surface area contributed by atoms with Crippen molar-refractivity contribution in [2.24, 2.45) is 7.05 Å². The molecule has 0 unspecified atom stereocenters. The van der Waals surface area contributed by atoms with E-state index in [0.717, 1.165) is 28.2 Å². The zero-order valence-corrected chi connectivity index (χ0v) is 15.7. The summed E-state index contributed by atoms with van der Waals surface area (Å²) in [7, 11) is 2.01. The Kier molecular flexibility index (Phi) is 3.97. The fraction of sp³-hybridized carbons (Fsp3) is 0.227. The number of fused-ring (bicyclic) bond motifs is 1. The maximum Gasteiger partial charge on any atom is 0.225 e. The third-order valence-corrected chi connectivity index (χ3v) is 5.46. The van der Waals surface area contributed by atoms with Crippen LogP contribution in [0, 0.1) is 0 Å². The number of aryl methyl sites for hydroxylation is 1. The molecular formula is C22H21N5O. The molecule has 1 fully saturated rings. The van der Waals surface area contributed by atoms with Crippen molar-refractivity contribution in [3.8, 4) is 11.6 Å². The van der Waals surface area contributed by atoms with E-state index in [1.165, 1.54) is 0 Å². The smallest absolute Gasteiger partial charge is 0.225 e. The van der Waals surface area contributed by atoms with Gasteiger partial charge in [0.15, 0.2) is 11.6 Å². The van der Waals surface area contributed by atoms with Crippen LogP contribution in [0.2, 0.25) is 0 Å². The first-order chi connectivity index (χ1) is 13.7. The van der Waals surface area contributed by atoms with Gasteiger partial charge in [0.05, 0.1) is 17.1 Å². The van der Waals surface area contributed by atoms with Crippen molar-refractivity contribution < 1.29 is 4.79 Å². The quantitative estimate of drug-likeness (QED) is 0.552. The summed E-state index contributed by atoms with van der Waals surface area (Å²) in [6.07, 6.45) is 4.23. The number of amides is 1. The van der Waals surface area contributed by atoms with Crippen LogP contribution in [-0.4, -0.2) is 36.5 Å². The van der Waals surface area contributed by atoms with Gasteiger partial charge in [-0.1, -0.05) is 42.5 Å². The average molecular weight is 371 g/mol. The van der Waals surface area contributed by atoms with Gasteiger partial charge in [-0.3, -0.25) is 4.79 Å². The fourth-order valence-electron chi connectivity index (χ4n) is 4.02. The normalized spacial score (nSPS) is 17.0. The van der Waals surface area contributed by atoms with Crippen LogP contribution in [0.4, 0.5) is 0 Å². The predicted octanol–water partition coefficient (Wildman–Crippen LogP) is 3.41. The van der Waals surface area contributed by atoms with Gasteiger partial charge in [-0.2, -0.15) is 0 Å². The van der Waals surface area contributed by atoms with Crippen molar-refractivity contribution in [1.29, 1.82) is 0 Å². The number of benzene rings is 2. The highest BCUT2D eigenvalue weighted by molar-refractivity contribution is 5.80. The molecule has 1 atom stereocenters. The number of carbonyl (C=O) groups is 1. The number of aromatic nitrogens is 4. The third-order valence-electron chi connectivity index (χ3n) is 5.46. The topological polar surface area (TPSA) is 56.0 Å². The Morgan fingerprint density at radius 3 is 2.64 bits per heavy atom. The summed E-state index contributed by atoms with van der Waals surface area (Å²) < 4.78 is 4.16. The van der Waals surface area contributed by atoms with Gasteiger partial charge in [-0.05, 0) is 17.7 Å². The molecule has 2 aromatic carbocycles.